The van der Waals surface area contributed by atoms with Gasteiger partial charge in [-0.3, -0.25) is 0 Å². The summed E-state index contributed by atoms with van der Waals surface area (Å²) < 4.78 is 10.5. The Bertz CT molecular complexity index is 1030. The predicted molar refractivity (Wildman–Crippen MR) is 118 cm³/mol. The van der Waals surface area contributed by atoms with Crippen LogP contribution in [0.1, 0.15) is 0 Å². The molecule has 0 fully saturated rings. The average Bonchev–Trinajstić information content (AvgIpc) is 2.80. The molecule has 3 nitrogen and oxygen atoms in total. The molecule has 144 valence electrons. The molecule has 4 aromatic carbocycles. The zero-order valence-electron chi connectivity index (χ0n) is 16.4. The highest BCUT2D eigenvalue weighted by molar-refractivity contribution is 5.87. The Balaban J connectivity index is 1.91. The molecule has 0 saturated heterocycles. The van der Waals surface area contributed by atoms with Gasteiger partial charge < -0.3 is 14.6 Å². The second-order valence-corrected chi connectivity index (χ2v) is 6.74. The molecule has 4 rings (SSSR count). The van der Waals surface area contributed by atoms with Crippen LogP contribution < -0.4 is 9.47 Å². The average molecular weight is 382 g/mol. The highest BCUT2D eigenvalue weighted by atomic mass is 16.5. The molecule has 0 heterocycles. The van der Waals surface area contributed by atoms with Crippen LogP contribution in [0.15, 0.2) is 91.0 Å². The molecule has 0 saturated carbocycles. The van der Waals surface area contributed by atoms with E-state index < -0.39 is 0 Å². The van der Waals surface area contributed by atoms with E-state index >= 15 is 0 Å². The Hall–Kier alpha value is -3.72. The Morgan fingerprint density at radius 1 is 0.517 bits per heavy atom. The number of aromatic hydroxyl groups is 1. The van der Waals surface area contributed by atoms with Crippen molar-refractivity contribution in [2.45, 2.75) is 0 Å². The lowest BCUT2D eigenvalue weighted by Crippen LogP contribution is -1.89. The fraction of sp³-hybridized carbons (Fsp3) is 0.0769. The van der Waals surface area contributed by atoms with Crippen molar-refractivity contribution in [1.82, 2.24) is 0 Å². The summed E-state index contributed by atoms with van der Waals surface area (Å²) in [6.07, 6.45) is 0. The first-order valence-corrected chi connectivity index (χ1v) is 9.41. The van der Waals surface area contributed by atoms with Gasteiger partial charge >= 0.3 is 0 Å². The van der Waals surface area contributed by atoms with E-state index in [0.29, 0.717) is 0 Å². The van der Waals surface area contributed by atoms with E-state index in [2.05, 4.69) is 12.1 Å². The van der Waals surface area contributed by atoms with E-state index in [4.69, 9.17) is 9.47 Å². The first-order valence-electron chi connectivity index (χ1n) is 9.41. The van der Waals surface area contributed by atoms with Crippen molar-refractivity contribution in [2.75, 3.05) is 14.2 Å². The molecular weight excluding hydrogens is 360 g/mol. The largest absolute Gasteiger partial charge is 0.507 e. The molecule has 29 heavy (non-hydrogen) atoms. The van der Waals surface area contributed by atoms with Gasteiger partial charge in [-0.05, 0) is 58.7 Å². The van der Waals surface area contributed by atoms with Crippen molar-refractivity contribution in [3.63, 3.8) is 0 Å². The Morgan fingerprint density at radius 3 is 1.38 bits per heavy atom. The van der Waals surface area contributed by atoms with Crippen LogP contribution in [0.2, 0.25) is 0 Å². The van der Waals surface area contributed by atoms with E-state index in [-0.39, 0.29) is 5.75 Å². The first kappa shape index (κ1) is 18.6. The quantitative estimate of drug-likeness (QED) is 0.433. The fourth-order valence-electron chi connectivity index (χ4n) is 3.41. The molecule has 0 spiro atoms. The van der Waals surface area contributed by atoms with E-state index in [0.717, 1.165) is 44.9 Å². The number of hydrogen-bond donors (Lipinski definition) is 1. The number of hydrogen-bond acceptors (Lipinski definition) is 3. The lowest BCUT2D eigenvalue weighted by Gasteiger charge is -2.15. The van der Waals surface area contributed by atoms with Crippen molar-refractivity contribution in [2.24, 2.45) is 0 Å². The van der Waals surface area contributed by atoms with Gasteiger partial charge in [0.05, 0.1) is 14.2 Å². The molecule has 0 amide bonds. The minimum atomic E-state index is 0.250. The Morgan fingerprint density at radius 2 is 0.966 bits per heavy atom. The van der Waals surface area contributed by atoms with Gasteiger partial charge in [-0.15, -0.1) is 0 Å². The standard InChI is InChI=1S/C26H22O3/c1-28-22-12-8-19(9-13-22)24-16-21(18-6-4-3-5-7-18)17-25(26(24)27)20-10-14-23(29-2)15-11-20/h3-17,27H,1-2H3. The van der Waals surface area contributed by atoms with E-state index in [9.17, 15) is 5.11 Å². The molecule has 4 aromatic rings. The monoisotopic (exact) mass is 382 g/mol. The smallest absolute Gasteiger partial charge is 0.131 e. The SMILES string of the molecule is COc1ccc(-c2cc(-c3ccccc3)cc(-c3ccc(OC)cc3)c2O)cc1. The van der Waals surface area contributed by atoms with Crippen molar-refractivity contribution in [1.29, 1.82) is 0 Å². The summed E-state index contributed by atoms with van der Waals surface area (Å²) in [6, 6.07) is 29.7. The van der Waals surface area contributed by atoms with Crippen molar-refractivity contribution in [3.05, 3.63) is 91.0 Å². The van der Waals surface area contributed by atoms with Crippen molar-refractivity contribution < 1.29 is 14.6 Å². The van der Waals surface area contributed by atoms with E-state index in [1.165, 1.54) is 0 Å². The third kappa shape index (κ3) is 3.81. The van der Waals surface area contributed by atoms with E-state index in [1.807, 2.05) is 78.9 Å². The first-order chi connectivity index (χ1) is 14.2. The summed E-state index contributed by atoms with van der Waals surface area (Å²) >= 11 is 0. The number of rotatable bonds is 5. The minimum absolute atomic E-state index is 0.250. The third-order valence-corrected chi connectivity index (χ3v) is 5.02. The van der Waals surface area contributed by atoms with E-state index in [1.54, 1.807) is 14.2 Å². The van der Waals surface area contributed by atoms with Gasteiger partial charge in [0.2, 0.25) is 0 Å². The number of methoxy groups -OCH3 is 2. The fourth-order valence-corrected chi connectivity index (χ4v) is 3.41. The van der Waals surface area contributed by atoms with Crippen LogP contribution in [-0.2, 0) is 0 Å². The number of phenols is 1. The lowest BCUT2D eigenvalue weighted by molar-refractivity contribution is 0.415. The van der Waals surface area contributed by atoms with Crippen molar-refractivity contribution >= 4 is 0 Å². The maximum Gasteiger partial charge on any atom is 0.131 e. The maximum absolute atomic E-state index is 11.2. The third-order valence-electron chi connectivity index (χ3n) is 5.02. The molecule has 0 unspecified atom stereocenters. The van der Waals surface area contributed by atoms with Crippen LogP contribution >= 0.6 is 0 Å². The van der Waals surface area contributed by atoms with Gasteiger partial charge in [-0.1, -0.05) is 54.6 Å². The second-order valence-electron chi connectivity index (χ2n) is 6.74. The van der Waals surface area contributed by atoms with Crippen LogP contribution in [0.25, 0.3) is 33.4 Å². The summed E-state index contributed by atoms with van der Waals surface area (Å²) in [4.78, 5) is 0. The van der Waals surface area contributed by atoms with Gasteiger partial charge in [0, 0.05) is 11.1 Å². The predicted octanol–water partition coefficient (Wildman–Crippen LogP) is 6.41. The van der Waals surface area contributed by atoms with Crippen LogP contribution in [0, 0.1) is 0 Å². The van der Waals surface area contributed by atoms with Crippen LogP contribution in [0.3, 0.4) is 0 Å². The van der Waals surface area contributed by atoms with Crippen LogP contribution in [-0.4, -0.2) is 19.3 Å². The molecule has 0 radical (unpaired) electrons. The molecule has 0 aliphatic carbocycles. The second kappa shape index (κ2) is 8.11. The molecule has 0 aliphatic rings. The molecule has 3 heteroatoms. The molecule has 0 aromatic heterocycles. The summed E-state index contributed by atoms with van der Waals surface area (Å²) in [5.74, 6) is 1.81. The molecule has 1 N–H and O–H groups in total. The zero-order chi connectivity index (χ0) is 20.2. The molecule has 0 bridgehead atoms. The highest BCUT2D eigenvalue weighted by Gasteiger charge is 2.15. The topological polar surface area (TPSA) is 38.7 Å². The summed E-state index contributed by atoms with van der Waals surface area (Å²) in [7, 11) is 3.29. The molecule has 0 aliphatic heterocycles. The summed E-state index contributed by atoms with van der Waals surface area (Å²) in [5.41, 5.74) is 5.54. The van der Waals surface area contributed by atoms with Gasteiger partial charge in [-0.2, -0.15) is 0 Å². The van der Waals surface area contributed by atoms with Gasteiger partial charge in [0.25, 0.3) is 0 Å². The molecule has 0 atom stereocenters. The van der Waals surface area contributed by atoms with Gasteiger partial charge in [0.1, 0.15) is 17.2 Å². The summed E-state index contributed by atoms with van der Waals surface area (Å²) in [5, 5.41) is 11.2. The van der Waals surface area contributed by atoms with Gasteiger partial charge in [0.15, 0.2) is 0 Å². The lowest BCUT2D eigenvalue weighted by atomic mass is 9.92. The summed E-state index contributed by atoms with van der Waals surface area (Å²) in [6.45, 7) is 0. The number of phenolic OH excluding ortho intramolecular Hbond substituents is 1. The number of benzene rings is 4. The number of ether oxygens (including phenoxy) is 2. The Kier molecular flexibility index (Phi) is 5.21. The van der Waals surface area contributed by atoms with Gasteiger partial charge in [-0.25, -0.2) is 0 Å². The highest BCUT2D eigenvalue weighted by Crippen LogP contribution is 2.42. The van der Waals surface area contributed by atoms with Crippen molar-refractivity contribution in [3.8, 4) is 50.6 Å². The van der Waals surface area contributed by atoms with Crippen LogP contribution in [0.5, 0.6) is 17.2 Å². The maximum atomic E-state index is 11.2. The molecular formula is C26H22O3. The zero-order valence-corrected chi connectivity index (χ0v) is 16.4. The van der Waals surface area contributed by atoms with Crippen LogP contribution in [0.4, 0.5) is 0 Å². The minimum Gasteiger partial charge on any atom is -0.507 e. The normalized spacial score (nSPS) is 10.6. The Labute approximate surface area is 170 Å².